The Kier molecular flexibility index (Phi) is 4.20. The van der Waals surface area contributed by atoms with Crippen LogP contribution in [0.4, 0.5) is 0 Å². The zero-order valence-electron chi connectivity index (χ0n) is 11.0. The lowest BCUT2D eigenvalue weighted by Gasteiger charge is -2.02. The molecule has 0 N–H and O–H groups in total. The van der Waals surface area contributed by atoms with E-state index in [0.717, 1.165) is 11.6 Å². The van der Waals surface area contributed by atoms with Gasteiger partial charge in [-0.25, -0.2) is 14.6 Å². The molecule has 0 spiro atoms. The first-order valence-corrected chi connectivity index (χ1v) is 6.35. The van der Waals surface area contributed by atoms with E-state index in [0.29, 0.717) is 15.9 Å². The average molecular weight is 294 g/mol. The van der Waals surface area contributed by atoms with Crippen LogP contribution in [0.1, 0.15) is 18.4 Å². The number of ether oxygens (including phenoxy) is 1. The van der Waals surface area contributed by atoms with Crippen LogP contribution in [-0.2, 0) is 9.53 Å². The van der Waals surface area contributed by atoms with Gasteiger partial charge in [-0.1, -0.05) is 11.6 Å². The van der Waals surface area contributed by atoms with Crippen LogP contribution in [0.2, 0.25) is 5.02 Å². The van der Waals surface area contributed by atoms with Gasteiger partial charge in [0.1, 0.15) is 0 Å². The first kappa shape index (κ1) is 14.3. The highest BCUT2D eigenvalue weighted by atomic mass is 35.5. The van der Waals surface area contributed by atoms with Gasteiger partial charge in [0.05, 0.1) is 17.5 Å². The minimum atomic E-state index is -0.552. The molecule has 0 atom stereocenters. The van der Waals surface area contributed by atoms with Gasteiger partial charge in [0, 0.05) is 17.2 Å². The quantitative estimate of drug-likeness (QED) is 0.643. The fourth-order valence-corrected chi connectivity index (χ4v) is 2.00. The first-order chi connectivity index (χ1) is 9.51. The smallest absolute Gasteiger partial charge is 0.347 e. The van der Waals surface area contributed by atoms with Crippen LogP contribution < -0.4 is 5.63 Å². The standard InChI is InChI=1S/C14H12ClNO4/c1-3-19-12(17)5-4-11-16-13-8(2)6-9(15)7-10(13)14(18)20-11/h4-7H,3H2,1-2H3/b5-4+. The molecule has 0 saturated carbocycles. The summed E-state index contributed by atoms with van der Waals surface area (Å²) in [5, 5.41) is 0.752. The third-order valence-corrected chi connectivity index (χ3v) is 2.77. The van der Waals surface area contributed by atoms with E-state index in [1.807, 2.05) is 0 Å². The summed E-state index contributed by atoms with van der Waals surface area (Å²) in [7, 11) is 0. The third-order valence-electron chi connectivity index (χ3n) is 2.55. The van der Waals surface area contributed by atoms with Gasteiger partial charge in [0.2, 0.25) is 5.89 Å². The minimum absolute atomic E-state index is 0.0426. The van der Waals surface area contributed by atoms with E-state index in [1.54, 1.807) is 19.9 Å². The Labute approximate surface area is 119 Å². The number of carbonyl (C=O) groups is 1. The Morgan fingerprint density at radius 2 is 2.25 bits per heavy atom. The van der Waals surface area contributed by atoms with E-state index in [4.69, 9.17) is 20.8 Å². The molecule has 1 aromatic carbocycles. The number of esters is 1. The molecular formula is C14H12ClNO4. The van der Waals surface area contributed by atoms with E-state index in [9.17, 15) is 9.59 Å². The molecule has 0 fully saturated rings. The van der Waals surface area contributed by atoms with Crippen LogP contribution in [0.3, 0.4) is 0 Å². The predicted molar refractivity (Wildman–Crippen MR) is 75.7 cm³/mol. The number of halogens is 1. The summed E-state index contributed by atoms with van der Waals surface area (Å²) in [5.74, 6) is -0.481. The topological polar surface area (TPSA) is 69.4 Å². The van der Waals surface area contributed by atoms with Crippen LogP contribution in [0.25, 0.3) is 17.0 Å². The van der Waals surface area contributed by atoms with Crippen molar-refractivity contribution in [3.63, 3.8) is 0 Å². The molecule has 104 valence electrons. The fourth-order valence-electron chi connectivity index (χ4n) is 1.72. The van der Waals surface area contributed by atoms with Gasteiger partial charge in [-0.15, -0.1) is 0 Å². The van der Waals surface area contributed by atoms with Crippen molar-refractivity contribution < 1.29 is 13.9 Å². The lowest BCUT2D eigenvalue weighted by atomic mass is 10.1. The highest BCUT2D eigenvalue weighted by Crippen LogP contribution is 2.20. The SMILES string of the molecule is CCOC(=O)/C=C/c1nc2c(C)cc(Cl)cc2c(=O)o1. The van der Waals surface area contributed by atoms with Crippen LogP contribution in [-0.4, -0.2) is 17.6 Å². The maximum atomic E-state index is 11.9. The van der Waals surface area contributed by atoms with E-state index in [1.165, 1.54) is 12.1 Å². The molecule has 0 unspecified atom stereocenters. The molecule has 5 nitrogen and oxygen atoms in total. The van der Waals surface area contributed by atoms with Crippen molar-refractivity contribution in [3.8, 4) is 0 Å². The average Bonchev–Trinajstić information content (AvgIpc) is 2.38. The van der Waals surface area contributed by atoms with Gasteiger partial charge in [-0.2, -0.15) is 0 Å². The third kappa shape index (κ3) is 3.05. The van der Waals surface area contributed by atoms with Gasteiger partial charge in [0.25, 0.3) is 0 Å². The van der Waals surface area contributed by atoms with Crippen LogP contribution >= 0.6 is 11.6 Å². The molecule has 2 rings (SSSR count). The Bertz CT molecular complexity index is 749. The molecule has 2 aromatic rings. The predicted octanol–water partition coefficient (Wildman–Crippen LogP) is 2.73. The minimum Gasteiger partial charge on any atom is -0.463 e. The van der Waals surface area contributed by atoms with E-state index >= 15 is 0 Å². The molecule has 0 saturated heterocycles. The van der Waals surface area contributed by atoms with E-state index in [2.05, 4.69) is 4.98 Å². The zero-order valence-corrected chi connectivity index (χ0v) is 11.7. The molecule has 0 aliphatic rings. The van der Waals surface area contributed by atoms with Crippen molar-refractivity contribution in [3.05, 3.63) is 45.1 Å². The summed E-state index contributed by atoms with van der Waals surface area (Å²) in [6, 6.07) is 3.21. The van der Waals surface area contributed by atoms with Crippen LogP contribution in [0.15, 0.2) is 27.4 Å². The summed E-state index contributed by atoms with van der Waals surface area (Å²) in [6.07, 6.45) is 2.46. The second-order valence-electron chi connectivity index (χ2n) is 4.04. The molecular weight excluding hydrogens is 282 g/mol. The summed E-state index contributed by atoms with van der Waals surface area (Å²) >= 11 is 5.89. The maximum absolute atomic E-state index is 11.9. The molecule has 0 radical (unpaired) electrons. The number of aromatic nitrogens is 1. The Hall–Kier alpha value is -2.14. The normalized spacial score (nSPS) is 11.2. The van der Waals surface area contributed by atoms with Crippen molar-refractivity contribution in [2.24, 2.45) is 0 Å². The second kappa shape index (κ2) is 5.88. The Morgan fingerprint density at radius 3 is 2.95 bits per heavy atom. The van der Waals surface area contributed by atoms with E-state index in [-0.39, 0.29) is 12.5 Å². The van der Waals surface area contributed by atoms with Crippen molar-refractivity contribution in [1.29, 1.82) is 0 Å². The highest BCUT2D eigenvalue weighted by Gasteiger charge is 2.08. The fraction of sp³-hybridized carbons (Fsp3) is 0.214. The number of carbonyl (C=O) groups excluding carboxylic acids is 1. The monoisotopic (exact) mass is 293 g/mol. The number of nitrogens with zero attached hydrogens (tertiary/aromatic N) is 1. The van der Waals surface area contributed by atoms with Gasteiger partial charge < -0.3 is 9.15 Å². The molecule has 0 aliphatic heterocycles. The van der Waals surface area contributed by atoms with Crippen molar-refractivity contribution in [1.82, 2.24) is 4.98 Å². The number of hydrogen-bond acceptors (Lipinski definition) is 5. The summed E-state index contributed by atoms with van der Waals surface area (Å²) < 4.78 is 9.74. The number of fused-ring (bicyclic) bond motifs is 1. The van der Waals surface area contributed by atoms with Gasteiger partial charge in [-0.05, 0) is 31.5 Å². The van der Waals surface area contributed by atoms with Crippen molar-refractivity contribution >= 4 is 34.5 Å². The molecule has 1 aromatic heterocycles. The Morgan fingerprint density at radius 1 is 1.50 bits per heavy atom. The first-order valence-electron chi connectivity index (χ1n) is 5.97. The zero-order chi connectivity index (χ0) is 14.7. The Balaban J connectivity index is 2.48. The van der Waals surface area contributed by atoms with E-state index < -0.39 is 11.6 Å². The lowest BCUT2D eigenvalue weighted by Crippen LogP contribution is -2.05. The molecule has 0 aliphatic carbocycles. The van der Waals surface area contributed by atoms with Crippen LogP contribution in [0, 0.1) is 6.92 Å². The van der Waals surface area contributed by atoms with Crippen molar-refractivity contribution in [2.45, 2.75) is 13.8 Å². The number of aryl methyl sites for hydroxylation is 1. The number of benzene rings is 1. The molecule has 0 bridgehead atoms. The van der Waals surface area contributed by atoms with Crippen LogP contribution in [0.5, 0.6) is 0 Å². The summed E-state index contributed by atoms with van der Waals surface area (Å²) in [5.41, 5.74) is 0.699. The molecule has 20 heavy (non-hydrogen) atoms. The molecule has 1 heterocycles. The van der Waals surface area contributed by atoms with Gasteiger partial charge in [0.15, 0.2) is 0 Å². The highest BCUT2D eigenvalue weighted by molar-refractivity contribution is 6.31. The van der Waals surface area contributed by atoms with Gasteiger partial charge >= 0.3 is 11.6 Å². The summed E-state index contributed by atoms with van der Waals surface area (Å²) in [6.45, 7) is 3.77. The lowest BCUT2D eigenvalue weighted by molar-refractivity contribution is -0.137. The number of rotatable bonds is 3. The maximum Gasteiger partial charge on any atom is 0.347 e. The largest absolute Gasteiger partial charge is 0.463 e. The molecule has 6 heteroatoms. The summed E-state index contributed by atoms with van der Waals surface area (Å²) in [4.78, 5) is 27.3. The number of hydrogen-bond donors (Lipinski definition) is 0. The second-order valence-corrected chi connectivity index (χ2v) is 4.48. The van der Waals surface area contributed by atoms with Gasteiger partial charge in [-0.3, -0.25) is 0 Å². The molecule has 0 amide bonds. The van der Waals surface area contributed by atoms with Crippen molar-refractivity contribution in [2.75, 3.05) is 6.61 Å².